The van der Waals surface area contributed by atoms with Crippen LogP contribution >= 0.6 is 0 Å². The zero-order valence-electron chi connectivity index (χ0n) is 44.2. The largest absolute Gasteiger partial charge is 0.481 e. The van der Waals surface area contributed by atoms with E-state index < -0.39 is 108 Å². The van der Waals surface area contributed by atoms with Crippen LogP contribution in [0.4, 0.5) is 0 Å². The number of ketones is 3. The van der Waals surface area contributed by atoms with Crippen molar-refractivity contribution in [1.29, 1.82) is 0 Å². The summed E-state index contributed by atoms with van der Waals surface area (Å²) in [6.07, 6.45) is 9.31. The zero-order chi connectivity index (χ0) is 53.4. The van der Waals surface area contributed by atoms with Crippen molar-refractivity contribution in [3.63, 3.8) is 0 Å². The van der Waals surface area contributed by atoms with E-state index in [0.717, 1.165) is 10.5 Å². The number of ether oxygens (including phenoxy) is 6. The fourth-order valence-electron chi connectivity index (χ4n) is 10.7. The number of carboxylic acid groups (broad SMARTS) is 1. The molecule has 0 aromatic heterocycles. The van der Waals surface area contributed by atoms with Crippen LogP contribution in [0.2, 0.25) is 0 Å². The van der Waals surface area contributed by atoms with Gasteiger partial charge in [0.15, 0.2) is 5.78 Å². The number of carboxylic acids is 1. The molecule has 17 heteroatoms. The molecule has 0 aromatic rings. The predicted octanol–water partition coefficient (Wildman–Crippen LogP) is 6.60. The average molecular weight is 1010 g/mol. The molecular weight excluding hydrogens is 931 g/mol. The molecule has 1 amide bonds. The Hall–Kier alpha value is -4.39. The van der Waals surface area contributed by atoms with E-state index in [-0.39, 0.29) is 55.6 Å². The molecule has 1 saturated carbocycles. The molecule has 0 unspecified atom stereocenters. The van der Waals surface area contributed by atoms with Crippen LogP contribution in [0.3, 0.4) is 0 Å². The van der Waals surface area contributed by atoms with E-state index in [1.807, 2.05) is 51.2 Å². The number of aliphatic hydroxyl groups excluding tert-OH is 1. The Morgan fingerprint density at radius 3 is 2.24 bits per heavy atom. The highest BCUT2D eigenvalue weighted by Crippen LogP contribution is 2.38. The van der Waals surface area contributed by atoms with E-state index in [0.29, 0.717) is 69.8 Å². The van der Waals surface area contributed by atoms with Crippen LogP contribution in [0, 0.1) is 35.5 Å². The molecular formula is C55H83NO16. The molecule has 17 nitrogen and oxygen atoms in total. The second kappa shape index (κ2) is 28.3. The smallest absolute Gasteiger partial charge is 0.329 e. The molecule has 3 heterocycles. The summed E-state index contributed by atoms with van der Waals surface area (Å²) in [5.41, 5.74) is 1.21. The van der Waals surface area contributed by atoms with Gasteiger partial charge in [-0.3, -0.25) is 28.8 Å². The highest BCUT2D eigenvalue weighted by molar-refractivity contribution is 6.39. The van der Waals surface area contributed by atoms with E-state index in [9.17, 15) is 43.8 Å². The van der Waals surface area contributed by atoms with Gasteiger partial charge in [0.25, 0.3) is 11.7 Å². The Balaban J connectivity index is 1.68. The maximum Gasteiger partial charge on any atom is 0.329 e. The molecule has 2 saturated heterocycles. The van der Waals surface area contributed by atoms with E-state index >= 15 is 0 Å². The van der Waals surface area contributed by atoms with Crippen molar-refractivity contribution < 1.29 is 77.3 Å². The van der Waals surface area contributed by atoms with Gasteiger partial charge in [-0.1, -0.05) is 71.1 Å². The first-order valence-electron chi connectivity index (χ1n) is 25.9. The number of aliphatic carboxylic acids is 1. The maximum absolute atomic E-state index is 14.5. The lowest BCUT2D eigenvalue weighted by molar-refractivity contribution is -0.265. The summed E-state index contributed by atoms with van der Waals surface area (Å²) in [6, 6.07) is -1.20. The molecule has 3 N–H and O–H groups in total. The van der Waals surface area contributed by atoms with Gasteiger partial charge in [-0.25, -0.2) is 4.79 Å². The summed E-state index contributed by atoms with van der Waals surface area (Å²) in [7, 11) is 4.43. The van der Waals surface area contributed by atoms with Crippen molar-refractivity contribution in [3.05, 3.63) is 47.6 Å². The number of methoxy groups -OCH3 is 3. The van der Waals surface area contributed by atoms with Gasteiger partial charge >= 0.3 is 17.9 Å². The third kappa shape index (κ3) is 16.6. The van der Waals surface area contributed by atoms with Gasteiger partial charge in [0.05, 0.1) is 31.2 Å². The second-order valence-corrected chi connectivity index (χ2v) is 20.9. The third-order valence-corrected chi connectivity index (χ3v) is 15.3. The fourth-order valence-corrected chi connectivity index (χ4v) is 10.7. The van der Waals surface area contributed by atoms with Crippen molar-refractivity contribution in [2.45, 2.75) is 193 Å². The Labute approximate surface area is 426 Å². The number of Topliss-reactive ketones (excluding diaryl/α,β-unsaturated/α-hetero) is 3. The normalized spacial score (nSPS) is 37.5. The highest BCUT2D eigenvalue weighted by atomic mass is 16.6. The number of carbonyl (C=O) groups is 7. The van der Waals surface area contributed by atoms with Crippen LogP contribution < -0.4 is 0 Å². The van der Waals surface area contributed by atoms with Crippen LogP contribution in [0.1, 0.15) is 138 Å². The van der Waals surface area contributed by atoms with E-state index in [4.69, 9.17) is 33.5 Å². The minimum absolute atomic E-state index is 0.00674. The van der Waals surface area contributed by atoms with Crippen LogP contribution in [0.5, 0.6) is 0 Å². The van der Waals surface area contributed by atoms with Gasteiger partial charge in [-0.2, -0.15) is 0 Å². The summed E-state index contributed by atoms with van der Waals surface area (Å²) in [6.45, 7) is 12.5. The first-order valence-corrected chi connectivity index (χ1v) is 25.9. The molecule has 0 spiro atoms. The number of nitrogens with zero attached hydrogens (tertiary/aromatic N) is 1. The molecule has 1 aliphatic carbocycles. The van der Waals surface area contributed by atoms with Crippen molar-refractivity contribution in [2.24, 2.45) is 35.5 Å². The van der Waals surface area contributed by atoms with Gasteiger partial charge in [0.2, 0.25) is 5.79 Å². The Morgan fingerprint density at radius 1 is 0.847 bits per heavy atom. The molecule has 0 aromatic carbocycles. The number of carbonyl (C=O) groups excluding carboxylic acids is 6. The molecule has 3 fully saturated rings. The van der Waals surface area contributed by atoms with Gasteiger partial charge < -0.3 is 48.6 Å². The van der Waals surface area contributed by atoms with Crippen molar-refractivity contribution >= 4 is 41.2 Å². The van der Waals surface area contributed by atoms with E-state index in [2.05, 4.69) is 0 Å². The minimum Gasteiger partial charge on any atom is -0.481 e. The summed E-state index contributed by atoms with van der Waals surface area (Å²) in [5.74, 6) is -10.3. The molecule has 3 aliphatic heterocycles. The van der Waals surface area contributed by atoms with Gasteiger partial charge in [-0.15, -0.1) is 0 Å². The summed E-state index contributed by atoms with van der Waals surface area (Å²) in [4.78, 5) is 95.8. The molecule has 4 rings (SSSR count). The topological polar surface area (TPSA) is 239 Å². The molecule has 4 aliphatic rings. The van der Waals surface area contributed by atoms with E-state index in [1.165, 1.54) is 14.2 Å². The van der Waals surface area contributed by atoms with Crippen LogP contribution in [-0.4, -0.2) is 144 Å². The van der Waals surface area contributed by atoms with Crippen LogP contribution in [-0.2, 0) is 62.0 Å². The number of amides is 1. The zero-order valence-corrected chi connectivity index (χ0v) is 44.2. The molecule has 404 valence electrons. The SMILES string of the molecule is CO[C@H]1C[C@@H]2CC[C@@H](C)[C@@](O)(O2)C(=O)C(=O)N2CCCC[C@H]2C(=O)O[C@H]([C@H](C)C[C@@H]2CC[C@@H](OC(=O)CCC(=O)O)[C@H](OC)C2)CC(=O)[C@H](C)/C=C(\C)[C@@H](O)[C@@H](OC)C(=O)[C@H](C)C[C@H](C)/C=C/C=C/C=C/1C. The third-order valence-electron chi connectivity index (χ3n) is 15.3. The molecule has 2 bridgehead atoms. The summed E-state index contributed by atoms with van der Waals surface area (Å²) in [5, 5.41) is 32.5. The lowest BCUT2D eigenvalue weighted by Gasteiger charge is -2.42. The van der Waals surface area contributed by atoms with Crippen molar-refractivity contribution in [1.82, 2.24) is 4.90 Å². The first-order chi connectivity index (χ1) is 34.0. The summed E-state index contributed by atoms with van der Waals surface area (Å²) < 4.78 is 35.2. The maximum atomic E-state index is 14.5. The average Bonchev–Trinajstić information content (AvgIpc) is 3.35. The quantitative estimate of drug-likeness (QED) is 0.119. The molecule has 0 radical (unpaired) electrons. The number of aliphatic hydroxyl groups is 2. The number of allylic oxidation sites excluding steroid dienone is 6. The molecule has 15 atom stereocenters. The first kappa shape index (κ1) is 60.2. The number of fused-ring (bicyclic) bond motifs is 3. The molecule has 72 heavy (non-hydrogen) atoms. The van der Waals surface area contributed by atoms with Gasteiger partial charge in [0.1, 0.15) is 36.2 Å². The number of hydrogen-bond donors (Lipinski definition) is 3. The number of piperidine rings is 1. The Morgan fingerprint density at radius 2 is 1.57 bits per heavy atom. The van der Waals surface area contributed by atoms with Gasteiger partial charge in [0, 0.05) is 58.5 Å². The van der Waals surface area contributed by atoms with Crippen molar-refractivity contribution in [2.75, 3.05) is 27.9 Å². The lowest BCUT2D eigenvalue weighted by atomic mass is 9.78. The van der Waals surface area contributed by atoms with Crippen molar-refractivity contribution in [3.8, 4) is 0 Å². The predicted molar refractivity (Wildman–Crippen MR) is 266 cm³/mol. The number of esters is 2. The van der Waals surface area contributed by atoms with Crippen LogP contribution in [0.15, 0.2) is 47.6 Å². The Bertz CT molecular complexity index is 2010. The number of rotatable bonds is 10. The fraction of sp³-hybridized carbons (Fsp3) is 0.727. The minimum atomic E-state index is -2.47. The standard InChI is InChI=1S/C55H83NO16/c1-32-16-12-11-13-17-33(2)44(67-8)30-40-21-19-38(7)55(66,72-40)52(63)53(64)56-25-15-14-18-41(56)54(65)71-45(31-42(57)34(3)27-37(6)50(62)51(69-10)49(61)36(5)26-32)35(4)28-39-20-22-43(46(29-39)68-9)70-48(60)24-23-47(58)59/h11-13,16-17,27,32,34-36,38-41,43-46,50-51,62,66H,14-15,18-26,28-31H2,1-10H3,(H,58,59)/b13-11+,16-12+,33-17+,37-27+/t32-,34-,35-,36-,38-,39+,40+,41+,43-,44+,45+,46-,50-,51+,55-/m1/s1. The van der Waals surface area contributed by atoms with Crippen LogP contribution in [0.25, 0.3) is 0 Å². The monoisotopic (exact) mass is 1010 g/mol. The number of cyclic esters (lactones) is 1. The summed E-state index contributed by atoms with van der Waals surface area (Å²) >= 11 is 0. The lowest BCUT2D eigenvalue weighted by Crippen LogP contribution is -2.61. The highest BCUT2D eigenvalue weighted by Gasteiger charge is 2.53. The van der Waals surface area contributed by atoms with Gasteiger partial charge in [-0.05, 0) is 107 Å². The van der Waals surface area contributed by atoms with E-state index in [1.54, 1.807) is 40.9 Å². The number of hydrogen-bond acceptors (Lipinski definition) is 15. The Kier molecular flexibility index (Phi) is 23.7. The second-order valence-electron chi connectivity index (χ2n) is 20.9.